The molecule has 0 aliphatic rings. The topological polar surface area (TPSA) is 72.9 Å². The summed E-state index contributed by atoms with van der Waals surface area (Å²) in [5, 5.41) is 0. The number of hydrogen-bond acceptors (Lipinski definition) is 5. The number of hydrogen-bond donors (Lipinski definition) is 0. The summed E-state index contributed by atoms with van der Waals surface area (Å²) in [4.78, 5) is 12.2. The number of benzene rings is 2. The van der Waals surface area contributed by atoms with Gasteiger partial charge in [-0.1, -0.05) is 6.07 Å². The fourth-order valence-electron chi connectivity index (χ4n) is 1.80. The van der Waals surface area contributed by atoms with Crippen LogP contribution in [-0.4, -0.2) is 39.9 Å². The molecule has 2 aromatic carbocycles. The van der Waals surface area contributed by atoms with Gasteiger partial charge in [-0.05, 0) is 42.5 Å². The molecule has 2 aromatic rings. The summed E-state index contributed by atoms with van der Waals surface area (Å²) in [6.45, 7) is 0. The Labute approximate surface area is 135 Å². The quantitative estimate of drug-likeness (QED) is 0.618. The molecule has 0 saturated heterocycles. The number of rotatable bonds is 5. The summed E-state index contributed by atoms with van der Waals surface area (Å²) in [7, 11) is 0.790. The predicted octanol–water partition coefficient (Wildman–Crippen LogP) is 2.16. The van der Waals surface area contributed by atoms with E-state index in [0.29, 0.717) is 11.5 Å². The van der Waals surface area contributed by atoms with Crippen molar-refractivity contribution in [3.8, 4) is 11.5 Å². The maximum Gasteiger partial charge on any atom is 0.343 e. The summed E-state index contributed by atoms with van der Waals surface area (Å²) in [5.74, 6) is 0.353. The van der Waals surface area contributed by atoms with Crippen molar-refractivity contribution in [2.75, 3.05) is 21.2 Å². The van der Waals surface area contributed by atoms with E-state index in [4.69, 9.17) is 9.47 Å². The molecule has 0 saturated carbocycles. The number of carbonyl (C=O) groups excluding carboxylic acids is 1. The number of nitrogens with zero attached hydrogens (tertiary/aromatic N) is 1. The Hall–Kier alpha value is -2.38. The third kappa shape index (κ3) is 3.88. The van der Waals surface area contributed by atoms with Crippen LogP contribution >= 0.6 is 0 Å². The SMILES string of the molecule is COc1ccc(OC(=O)c2cccc(S(=O)(=O)N(C)C)c2)cc1. The van der Waals surface area contributed by atoms with Gasteiger partial charge in [-0.15, -0.1) is 0 Å². The van der Waals surface area contributed by atoms with Gasteiger partial charge in [-0.25, -0.2) is 17.5 Å². The van der Waals surface area contributed by atoms with Gasteiger partial charge in [-0.2, -0.15) is 0 Å². The van der Waals surface area contributed by atoms with E-state index >= 15 is 0 Å². The van der Waals surface area contributed by atoms with Crippen LogP contribution in [0.25, 0.3) is 0 Å². The maximum atomic E-state index is 12.2. The Balaban J connectivity index is 2.23. The van der Waals surface area contributed by atoms with Gasteiger partial charge in [0.1, 0.15) is 11.5 Å². The zero-order valence-electron chi connectivity index (χ0n) is 13.0. The third-order valence-electron chi connectivity index (χ3n) is 3.12. The van der Waals surface area contributed by atoms with E-state index in [9.17, 15) is 13.2 Å². The molecule has 0 bridgehead atoms. The number of sulfonamides is 1. The first-order valence-corrected chi connectivity index (χ1v) is 8.17. The van der Waals surface area contributed by atoms with Crippen molar-refractivity contribution in [1.29, 1.82) is 0 Å². The summed E-state index contributed by atoms with van der Waals surface area (Å²) in [6, 6.07) is 12.2. The predicted molar refractivity (Wildman–Crippen MR) is 85.3 cm³/mol. The van der Waals surface area contributed by atoms with Gasteiger partial charge in [0.15, 0.2) is 0 Å². The highest BCUT2D eigenvalue weighted by Crippen LogP contribution is 2.20. The molecule has 0 amide bonds. The minimum atomic E-state index is -3.61. The Kier molecular flexibility index (Phi) is 5.02. The lowest BCUT2D eigenvalue weighted by atomic mass is 10.2. The van der Waals surface area contributed by atoms with Crippen molar-refractivity contribution < 1.29 is 22.7 Å². The van der Waals surface area contributed by atoms with Gasteiger partial charge in [0.25, 0.3) is 0 Å². The molecule has 0 aliphatic heterocycles. The maximum absolute atomic E-state index is 12.2. The molecule has 0 atom stereocenters. The minimum Gasteiger partial charge on any atom is -0.497 e. The lowest BCUT2D eigenvalue weighted by Crippen LogP contribution is -2.22. The molecular weight excluding hydrogens is 318 g/mol. The Morgan fingerprint density at radius 3 is 2.17 bits per heavy atom. The van der Waals surface area contributed by atoms with Crippen LogP contribution in [0.2, 0.25) is 0 Å². The van der Waals surface area contributed by atoms with Crippen molar-refractivity contribution in [1.82, 2.24) is 4.31 Å². The molecule has 23 heavy (non-hydrogen) atoms. The Morgan fingerprint density at radius 2 is 1.61 bits per heavy atom. The van der Waals surface area contributed by atoms with Crippen LogP contribution in [0, 0.1) is 0 Å². The average Bonchev–Trinajstić information content (AvgIpc) is 2.55. The zero-order chi connectivity index (χ0) is 17.0. The van der Waals surface area contributed by atoms with E-state index in [0.717, 1.165) is 4.31 Å². The van der Waals surface area contributed by atoms with Crippen molar-refractivity contribution in [3.05, 3.63) is 54.1 Å². The van der Waals surface area contributed by atoms with Crippen LogP contribution in [0.3, 0.4) is 0 Å². The normalized spacial score (nSPS) is 11.3. The zero-order valence-corrected chi connectivity index (χ0v) is 13.8. The van der Waals surface area contributed by atoms with Crippen LogP contribution in [0.4, 0.5) is 0 Å². The molecule has 0 heterocycles. The Bertz CT molecular complexity index is 797. The van der Waals surface area contributed by atoms with Gasteiger partial charge >= 0.3 is 5.97 Å². The van der Waals surface area contributed by atoms with E-state index in [-0.39, 0.29) is 10.5 Å². The number of carbonyl (C=O) groups is 1. The number of esters is 1. The van der Waals surface area contributed by atoms with Crippen LogP contribution in [0.1, 0.15) is 10.4 Å². The third-order valence-corrected chi connectivity index (χ3v) is 4.93. The number of methoxy groups -OCH3 is 1. The molecule has 0 unspecified atom stereocenters. The minimum absolute atomic E-state index is 0.0340. The van der Waals surface area contributed by atoms with Crippen LogP contribution in [0.5, 0.6) is 11.5 Å². The molecule has 0 N–H and O–H groups in total. The van der Waals surface area contributed by atoms with Gasteiger partial charge in [0, 0.05) is 14.1 Å². The molecule has 7 heteroatoms. The second-order valence-corrected chi connectivity index (χ2v) is 7.03. The van der Waals surface area contributed by atoms with Crippen molar-refractivity contribution >= 4 is 16.0 Å². The first-order valence-electron chi connectivity index (χ1n) is 6.73. The summed E-state index contributed by atoms with van der Waals surface area (Å²) in [5.41, 5.74) is 0.156. The second kappa shape index (κ2) is 6.80. The van der Waals surface area contributed by atoms with Crippen LogP contribution in [-0.2, 0) is 10.0 Å². The highest BCUT2D eigenvalue weighted by Gasteiger charge is 2.19. The van der Waals surface area contributed by atoms with E-state index < -0.39 is 16.0 Å². The van der Waals surface area contributed by atoms with Crippen LogP contribution < -0.4 is 9.47 Å². The van der Waals surface area contributed by atoms with Gasteiger partial charge in [0.05, 0.1) is 17.6 Å². The fraction of sp³-hybridized carbons (Fsp3) is 0.188. The Morgan fingerprint density at radius 1 is 1.00 bits per heavy atom. The highest BCUT2D eigenvalue weighted by molar-refractivity contribution is 7.89. The standard InChI is InChI=1S/C16H17NO5S/c1-17(2)23(19,20)15-6-4-5-12(11-15)16(18)22-14-9-7-13(21-3)8-10-14/h4-11H,1-3H3. The lowest BCUT2D eigenvalue weighted by molar-refractivity contribution is 0.0734. The molecule has 0 radical (unpaired) electrons. The summed E-state index contributed by atoms with van der Waals surface area (Å²) < 4.78 is 35.5. The highest BCUT2D eigenvalue weighted by atomic mass is 32.2. The van der Waals surface area contributed by atoms with Crippen molar-refractivity contribution in [3.63, 3.8) is 0 Å². The smallest absolute Gasteiger partial charge is 0.343 e. The molecular formula is C16H17NO5S. The molecule has 0 spiro atoms. The monoisotopic (exact) mass is 335 g/mol. The molecule has 0 aliphatic carbocycles. The molecule has 0 aromatic heterocycles. The fourth-order valence-corrected chi connectivity index (χ4v) is 2.75. The van der Waals surface area contributed by atoms with Crippen molar-refractivity contribution in [2.45, 2.75) is 4.90 Å². The van der Waals surface area contributed by atoms with Gasteiger partial charge < -0.3 is 9.47 Å². The average molecular weight is 335 g/mol. The summed E-state index contributed by atoms with van der Waals surface area (Å²) in [6.07, 6.45) is 0. The largest absolute Gasteiger partial charge is 0.497 e. The van der Waals surface area contributed by atoms with E-state index in [2.05, 4.69) is 0 Å². The molecule has 2 rings (SSSR count). The van der Waals surface area contributed by atoms with Crippen molar-refractivity contribution in [2.24, 2.45) is 0 Å². The van der Waals surface area contributed by atoms with E-state index in [1.807, 2.05) is 0 Å². The molecule has 122 valence electrons. The first kappa shape index (κ1) is 17.0. The second-order valence-electron chi connectivity index (χ2n) is 4.88. The van der Waals surface area contributed by atoms with Gasteiger partial charge in [-0.3, -0.25) is 0 Å². The van der Waals surface area contributed by atoms with Crippen LogP contribution in [0.15, 0.2) is 53.4 Å². The molecule has 6 nitrogen and oxygen atoms in total. The summed E-state index contributed by atoms with van der Waals surface area (Å²) >= 11 is 0. The lowest BCUT2D eigenvalue weighted by Gasteiger charge is -2.12. The first-order chi connectivity index (χ1) is 10.8. The van der Waals surface area contributed by atoms with E-state index in [1.165, 1.54) is 45.5 Å². The van der Waals surface area contributed by atoms with Gasteiger partial charge in [0.2, 0.25) is 10.0 Å². The number of ether oxygens (including phenoxy) is 2. The van der Waals surface area contributed by atoms with E-state index in [1.54, 1.807) is 24.3 Å². The molecule has 0 fully saturated rings.